The van der Waals surface area contributed by atoms with Crippen LogP contribution in [0, 0.1) is 0 Å². The molecule has 1 atom stereocenters. The normalized spacial score (nSPS) is 18.5. The van der Waals surface area contributed by atoms with Crippen LogP contribution in [0.1, 0.15) is 12.0 Å². The number of benzene rings is 2. The third-order valence-electron chi connectivity index (χ3n) is 3.92. The third-order valence-corrected chi connectivity index (χ3v) is 3.92. The lowest BCUT2D eigenvalue weighted by atomic mass is 10.0. The summed E-state index contributed by atoms with van der Waals surface area (Å²) in [5.41, 5.74) is 3.84. The summed E-state index contributed by atoms with van der Waals surface area (Å²) in [6.45, 7) is 5.43. The molecular formula is C19H21NO. The van der Waals surface area contributed by atoms with E-state index >= 15 is 0 Å². The maximum Gasteiger partial charge on any atom is 0.0677 e. The van der Waals surface area contributed by atoms with E-state index < -0.39 is 0 Å². The summed E-state index contributed by atoms with van der Waals surface area (Å²) in [5.74, 6) is 0. The minimum Gasteiger partial charge on any atom is -0.379 e. The van der Waals surface area contributed by atoms with Gasteiger partial charge in [-0.3, -0.25) is 0 Å². The average molecular weight is 279 g/mol. The minimum absolute atomic E-state index is 0.284. The van der Waals surface area contributed by atoms with Crippen molar-refractivity contribution in [2.45, 2.75) is 18.9 Å². The Bertz CT molecular complexity index is 594. The summed E-state index contributed by atoms with van der Waals surface area (Å²) in [4.78, 5) is 2.40. The Morgan fingerprint density at radius 2 is 1.86 bits per heavy atom. The highest BCUT2D eigenvalue weighted by Gasteiger charge is 2.23. The second-order valence-electron chi connectivity index (χ2n) is 5.34. The van der Waals surface area contributed by atoms with Crippen molar-refractivity contribution in [3.8, 4) is 0 Å². The van der Waals surface area contributed by atoms with Crippen LogP contribution in [-0.2, 0) is 11.2 Å². The number of para-hydroxylation sites is 2. The molecular weight excluding hydrogens is 258 g/mol. The second-order valence-corrected chi connectivity index (χ2v) is 5.34. The molecule has 2 heteroatoms. The van der Waals surface area contributed by atoms with Gasteiger partial charge in [-0.15, -0.1) is 6.58 Å². The highest BCUT2D eigenvalue weighted by molar-refractivity contribution is 5.67. The van der Waals surface area contributed by atoms with Crippen molar-refractivity contribution >= 4 is 11.4 Å². The molecule has 0 bridgehead atoms. The molecule has 3 rings (SSSR count). The van der Waals surface area contributed by atoms with Gasteiger partial charge in [0.05, 0.1) is 19.3 Å². The van der Waals surface area contributed by atoms with Crippen molar-refractivity contribution in [2.75, 3.05) is 18.1 Å². The average Bonchev–Trinajstić information content (AvgIpc) is 2.52. The minimum atomic E-state index is 0.284. The number of nitrogens with zero attached hydrogens (tertiary/aromatic N) is 1. The molecule has 1 aliphatic rings. The number of anilines is 2. The molecule has 0 saturated carbocycles. The molecule has 1 heterocycles. The van der Waals surface area contributed by atoms with E-state index in [4.69, 9.17) is 4.74 Å². The summed E-state index contributed by atoms with van der Waals surface area (Å²) in [7, 11) is 0. The largest absolute Gasteiger partial charge is 0.379 e. The van der Waals surface area contributed by atoms with Crippen LogP contribution in [0.25, 0.3) is 0 Å². The standard InChI is InChI=1S/C19H21NO/c1-2-8-18-15-21-14-13-16-9-6-7-12-19(16)20(18)17-10-4-3-5-11-17/h2-7,9-12,18H,1,8,13-15H2. The van der Waals surface area contributed by atoms with Gasteiger partial charge in [-0.05, 0) is 36.6 Å². The highest BCUT2D eigenvalue weighted by atomic mass is 16.5. The first-order valence-corrected chi connectivity index (χ1v) is 7.51. The van der Waals surface area contributed by atoms with Gasteiger partial charge in [0.2, 0.25) is 0 Å². The summed E-state index contributed by atoms with van der Waals surface area (Å²) < 4.78 is 5.86. The van der Waals surface area contributed by atoms with E-state index in [1.165, 1.54) is 16.9 Å². The molecule has 108 valence electrons. The Labute approximate surface area is 126 Å². The number of hydrogen-bond acceptors (Lipinski definition) is 2. The molecule has 1 unspecified atom stereocenters. The lowest BCUT2D eigenvalue weighted by Crippen LogP contribution is -2.37. The zero-order valence-corrected chi connectivity index (χ0v) is 12.2. The number of rotatable bonds is 3. The quantitative estimate of drug-likeness (QED) is 0.775. The Morgan fingerprint density at radius 3 is 2.67 bits per heavy atom. The summed E-state index contributed by atoms with van der Waals surface area (Å²) in [6.07, 6.45) is 3.84. The second kappa shape index (κ2) is 6.59. The van der Waals surface area contributed by atoms with Crippen LogP contribution < -0.4 is 4.90 Å². The Morgan fingerprint density at radius 1 is 1.10 bits per heavy atom. The van der Waals surface area contributed by atoms with Gasteiger partial charge in [-0.1, -0.05) is 42.5 Å². The van der Waals surface area contributed by atoms with Gasteiger partial charge in [-0.2, -0.15) is 0 Å². The van der Waals surface area contributed by atoms with E-state index in [-0.39, 0.29) is 6.04 Å². The molecule has 0 radical (unpaired) electrons. The fourth-order valence-electron chi connectivity index (χ4n) is 2.93. The molecule has 0 saturated heterocycles. The van der Waals surface area contributed by atoms with E-state index in [1.54, 1.807) is 0 Å². The van der Waals surface area contributed by atoms with E-state index in [1.807, 2.05) is 6.08 Å². The topological polar surface area (TPSA) is 12.5 Å². The van der Waals surface area contributed by atoms with Gasteiger partial charge in [0.1, 0.15) is 0 Å². The maximum atomic E-state index is 5.86. The van der Waals surface area contributed by atoms with Crippen molar-refractivity contribution < 1.29 is 4.74 Å². The van der Waals surface area contributed by atoms with Crippen LogP contribution in [0.2, 0.25) is 0 Å². The first-order valence-electron chi connectivity index (χ1n) is 7.51. The van der Waals surface area contributed by atoms with E-state index in [2.05, 4.69) is 66.1 Å². The van der Waals surface area contributed by atoms with E-state index in [9.17, 15) is 0 Å². The van der Waals surface area contributed by atoms with Gasteiger partial charge in [0.25, 0.3) is 0 Å². The maximum absolute atomic E-state index is 5.86. The molecule has 2 aromatic rings. The van der Waals surface area contributed by atoms with Crippen molar-refractivity contribution in [1.29, 1.82) is 0 Å². The molecule has 0 N–H and O–H groups in total. The number of hydrogen-bond donors (Lipinski definition) is 0. The molecule has 2 aromatic carbocycles. The van der Waals surface area contributed by atoms with Crippen LogP contribution in [0.3, 0.4) is 0 Å². The van der Waals surface area contributed by atoms with Gasteiger partial charge < -0.3 is 9.64 Å². The first-order chi connectivity index (χ1) is 10.4. The van der Waals surface area contributed by atoms with E-state index in [0.29, 0.717) is 0 Å². The van der Waals surface area contributed by atoms with Crippen molar-refractivity contribution in [3.63, 3.8) is 0 Å². The van der Waals surface area contributed by atoms with Crippen LogP contribution in [0.4, 0.5) is 11.4 Å². The lowest BCUT2D eigenvalue weighted by Gasteiger charge is -2.36. The molecule has 0 amide bonds. The van der Waals surface area contributed by atoms with Gasteiger partial charge in [-0.25, -0.2) is 0 Å². The van der Waals surface area contributed by atoms with Gasteiger partial charge in [0.15, 0.2) is 0 Å². The molecule has 0 aromatic heterocycles. The molecule has 1 aliphatic heterocycles. The Kier molecular flexibility index (Phi) is 4.37. The monoisotopic (exact) mass is 279 g/mol. The molecule has 0 spiro atoms. The zero-order valence-electron chi connectivity index (χ0n) is 12.2. The molecule has 0 aliphatic carbocycles. The molecule has 21 heavy (non-hydrogen) atoms. The summed E-state index contributed by atoms with van der Waals surface area (Å²) in [5, 5.41) is 0. The lowest BCUT2D eigenvalue weighted by molar-refractivity contribution is 0.121. The fraction of sp³-hybridized carbons (Fsp3) is 0.263. The number of fused-ring (bicyclic) bond motifs is 1. The summed E-state index contributed by atoms with van der Waals surface area (Å²) >= 11 is 0. The third kappa shape index (κ3) is 3.01. The zero-order chi connectivity index (χ0) is 14.5. The van der Waals surface area contributed by atoms with Gasteiger partial charge >= 0.3 is 0 Å². The SMILES string of the molecule is C=CCC1COCCc2ccccc2N1c1ccccc1. The first kappa shape index (κ1) is 13.9. The van der Waals surface area contributed by atoms with Gasteiger partial charge in [0, 0.05) is 11.4 Å². The Hall–Kier alpha value is -2.06. The predicted octanol–water partition coefficient (Wildman–Crippen LogP) is 4.34. The Balaban J connectivity index is 2.10. The predicted molar refractivity (Wildman–Crippen MR) is 88.1 cm³/mol. The van der Waals surface area contributed by atoms with Crippen LogP contribution >= 0.6 is 0 Å². The van der Waals surface area contributed by atoms with Crippen molar-refractivity contribution in [2.24, 2.45) is 0 Å². The smallest absolute Gasteiger partial charge is 0.0677 e. The fourth-order valence-corrected chi connectivity index (χ4v) is 2.93. The number of ether oxygens (including phenoxy) is 1. The van der Waals surface area contributed by atoms with Crippen LogP contribution in [0.5, 0.6) is 0 Å². The summed E-state index contributed by atoms with van der Waals surface area (Å²) in [6, 6.07) is 19.5. The van der Waals surface area contributed by atoms with Crippen molar-refractivity contribution in [3.05, 3.63) is 72.8 Å². The highest BCUT2D eigenvalue weighted by Crippen LogP contribution is 2.33. The molecule has 0 fully saturated rings. The van der Waals surface area contributed by atoms with Crippen molar-refractivity contribution in [1.82, 2.24) is 0 Å². The molecule has 2 nitrogen and oxygen atoms in total. The van der Waals surface area contributed by atoms with Crippen LogP contribution in [0.15, 0.2) is 67.3 Å². The van der Waals surface area contributed by atoms with E-state index in [0.717, 1.165) is 26.1 Å². The van der Waals surface area contributed by atoms with Crippen LogP contribution in [-0.4, -0.2) is 19.3 Å².